The number of carbonyl (C=O) groups excluding carboxylic acids is 1. The van der Waals surface area contributed by atoms with E-state index in [2.05, 4.69) is 10.0 Å². The molecule has 0 saturated heterocycles. The molecule has 0 aliphatic heterocycles. The molecule has 1 atom stereocenters. The van der Waals surface area contributed by atoms with Crippen LogP contribution in [0.3, 0.4) is 0 Å². The predicted octanol–water partition coefficient (Wildman–Crippen LogP) is 3.43. The van der Waals surface area contributed by atoms with E-state index in [1.54, 1.807) is 14.0 Å². The van der Waals surface area contributed by atoms with Crippen molar-refractivity contribution in [1.29, 1.82) is 0 Å². The Morgan fingerprint density at radius 3 is 2.28 bits per heavy atom. The van der Waals surface area contributed by atoms with Gasteiger partial charge in [0.1, 0.15) is 11.5 Å². The normalized spacial score (nSPS) is 12.1. The average Bonchev–Trinajstić information content (AvgIpc) is 2.82. The first-order chi connectivity index (χ1) is 15.4. The van der Waals surface area contributed by atoms with Gasteiger partial charge in [0.2, 0.25) is 10.0 Å². The molecule has 0 saturated carbocycles. The van der Waals surface area contributed by atoms with Gasteiger partial charge in [-0.3, -0.25) is 4.79 Å². The monoisotopic (exact) mass is 454 g/mol. The van der Waals surface area contributed by atoms with Crippen molar-refractivity contribution in [3.63, 3.8) is 0 Å². The summed E-state index contributed by atoms with van der Waals surface area (Å²) in [6.45, 7) is 1.91. The van der Waals surface area contributed by atoms with Crippen LogP contribution in [0.1, 0.15) is 24.1 Å². The van der Waals surface area contributed by atoms with Crippen molar-refractivity contribution in [3.05, 3.63) is 90.0 Å². The highest BCUT2D eigenvalue weighted by molar-refractivity contribution is 7.89. The predicted molar refractivity (Wildman–Crippen MR) is 122 cm³/mol. The maximum absolute atomic E-state index is 12.6. The zero-order valence-corrected chi connectivity index (χ0v) is 18.8. The van der Waals surface area contributed by atoms with Crippen LogP contribution < -0.4 is 19.5 Å². The number of para-hydroxylation sites is 1. The fourth-order valence-corrected chi connectivity index (χ4v) is 4.30. The summed E-state index contributed by atoms with van der Waals surface area (Å²) in [5.41, 5.74) is 1.73. The van der Waals surface area contributed by atoms with Crippen LogP contribution in [-0.4, -0.2) is 28.0 Å². The number of hydrogen-bond acceptors (Lipinski definition) is 5. The zero-order valence-electron chi connectivity index (χ0n) is 17.9. The maximum Gasteiger partial charge on any atom is 0.258 e. The second kappa shape index (κ2) is 10.8. The summed E-state index contributed by atoms with van der Waals surface area (Å²) >= 11 is 0. The first-order valence-electron chi connectivity index (χ1n) is 10.1. The van der Waals surface area contributed by atoms with Gasteiger partial charge in [0.15, 0.2) is 6.61 Å². The first kappa shape index (κ1) is 23.3. The van der Waals surface area contributed by atoms with E-state index in [9.17, 15) is 13.2 Å². The molecule has 3 aromatic rings. The van der Waals surface area contributed by atoms with Gasteiger partial charge >= 0.3 is 0 Å². The van der Waals surface area contributed by atoms with E-state index in [4.69, 9.17) is 9.47 Å². The zero-order chi connectivity index (χ0) is 23.0. The van der Waals surface area contributed by atoms with Crippen molar-refractivity contribution in [2.45, 2.75) is 24.4 Å². The number of hydrogen-bond donors (Lipinski definition) is 2. The molecule has 0 heterocycles. The number of methoxy groups -OCH3 is 1. The highest BCUT2D eigenvalue weighted by Gasteiger charge is 2.18. The van der Waals surface area contributed by atoms with E-state index < -0.39 is 10.0 Å². The number of amides is 1. The number of sulfonamides is 1. The number of nitrogens with one attached hydrogen (secondary N) is 2. The lowest BCUT2D eigenvalue weighted by atomic mass is 10.1. The van der Waals surface area contributed by atoms with Crippen LogP contribution in [-0.2, 0) is 21.4 Å². The summed E-state index contributed by atoms with van der Waals surface area (Å²) < 4.78 is 38.7. The Bertz CT molecular complexity index is 1130. The van der Waals surface area contributed by atoms with Crippen LogP contribution in [0.25, 0.3) is 0 Å². The Morgan fingerprint density at radius 1 is 0.938 bits per heavy atom. The molecule has 168 valence electrons. The molecule has 1 amide bonds. The molecule has 0 aliphatic carbocycles. The Morgan fingerprint density at radius 2 is 1.59 bits per heavy atom. The van der Waals surface area contributed by atoms with E-state index in [0.717, 1.165) is 11.1 Å². The van der Waals surface area contributed by atoms with E-state index >= 15 is 0 Å². The highest BCUT2D eigenvalue weighted by Crippen LogP contribution is 2.20. The molecule has 0 spiro atoms. The van der Waals surface area contributed by atoms with E-state index in [-0.39, 0.29) is 23.5 Å². The van der Waals surface area contributed by atoms with Gasteiger partial charge in [0, 0.05) is 18.2 Å². The molecular weight excluding hydrogens is 428 g/mol. The standard InChI is InChI=1S/C24H26N2O5S/c1-18(19-8-4-3-5-9-19)26-32(28,29)22-14-12-21(13-15-22)31-17-24(27)25-16-20-10-6-7-11-23(20)30-2/h3-15,18,26H,16-17H2,1-2H3,(H,25,27)/t18-/m0/s1. The van der Waals surface area contributed by atoms with Gasteiger partial charge in [-0.25, -0.2) is 13.1 Å². The van der Waals surface area contributed by atoms with E-state index in [0.29, 0.717) is 18.0 Å². The van der Waals surface area contributed by atoms with Crippen molar-refractivity contribution >= 4 is 15.9 Å². The second-order valence-corrected chi connectivity index (χ2v) is 8.82. The SMILES string of the molecule is COc1ccccc1CNC(=O)COc1ccc(S(=O)(=O)N[C@@H](C)c2ccccc2)cc1. The van der Waals surface area contributed by atoms with Crippen LogP contribution >= 0.6 is 0 Å². The van der Waals surface area contributed by atoms with Crippen molar-refractivity contribution in [3.8, 4) is 11.5 Å². The fourth-order valence-electron chi connectivity index (χ4n) is 3.07. The Labute approximate surface area is 188 Å². The van der Waals surface area contributed by atoms with Crippen LogP contribution in [0.15, 0.2) is 83.8 Å². The quantitative estimate of drug-likeness (QED) is 0.490. The summed E-state index contributed by atoms with van der Waals surface area (Å²) in [6, 6.07) is 22.3. The molecule has 2 N–H and O–H groups in total. The summed E-state index contributed by atoms with van der Waals surface area (Å²) in [5, 5.41) is 2.77. The Kier molecular flexibility index (Phi) is 7.86. The summed E-state index contributed by atoms with van der Waals surface area (Å²) in [4.78, 5) is 12.2. The summed E-state index contributed by atoms with van der Waals surface area (Å²) in [6.07, 6.45) is 0. The van der Waals surface area contributed by atoms with Crippen molar-refractivity contribution in [2.75, 3.05) is 13.7 Å². The minimum Gasteiger partial charge on any atom is -0.496 e. The molecule has 0 aromatic heterocycles. The van der Waals surface area contributed by atoms with Crippen LogP contribution in [0.5, 0.6) is 11.5 Å². The minimum absolute atomic E-state index is 0.119. The lowest BCUT2D eigenvalue weighted by Gasteiger charge is -2.15. The smallest absolute Gasteiger partial charge is 0.258 e. The molecule has 0 bridgehead atoms. The van der Waals surface area contributed by atoms with Crippen LogP contribution in [0, 0.1) is 0 Å². The lowest BCUT2D eigenvalue weighted by molar-refractivity contribution is -0.123. The van der Waals surface area contributed by atoms with Gasteiger partial charge in [-0.15, -0.1) is 0 Å². The fraction of sp³-hybridized carbons (Fsp3) is 0.208. The van der Waals surface area contributed by atoms with E-state index in [1.807, 2.05) is 54.6 Å². The van der Waals surface area contributed by atoms with Gasteiger partial charge in [-0.2, -0.15) is 0 Å². The van der Waals surface area contributed by atoms with Crippen molar-refractivity contribution < 1.29 is 22.7 Å². The Hall–Kier alpha value is -3.36. The molecule has 7 nitrogen and oxygen atoms in total. The van der Waals surface area contributed by atoms with Crippen molar-refractivity contribution in [1.82, 2.24) is 10.0 Å². The number of rotatable bonds is 10. The summed E-state index contributed by atoms with van der Waals surface area (Å²) in [5.74, 6) is 0.791. The molecule has 3 rings (SSSR count). The van der Waals surface area contributed by atoms with E-state index in [1.165, 1.54) is 24.3 Å². The second-order valence-electron chi connectivity index (χ2n) is 7.10. The maximum atomic E-state index is 12.6. The molecule has 3 aromatic carbocycles. The van der Waals surface area contributed by atoms with Gasteiger partial charge < -0.3 is 14.8 Å². The third-order valence-electron chi connectivity index (χ3n) is 4.80. The van der Waals surface area contributed by atoms with Gasteiger partial charge in [-0.1, -0.05) is 48.5 Å². The third kappa shape index (κ3) is 6.32. The van der Waals surface area contributed by atoms with Gasteiger partial charge in [-0.05, 0) is 42.8 Å². The van der Waals surface area contributed by atoms with Crippen LogP contribution in [0.2, 0.25) is 0 Å². The topological polar surface area (TPSA) is 93.7 Å². The molecule has 0 fully saturated rings. The van der Waals surface area contributed by atoms with Gasteiger partial charge in [0.25, 0.3) is 5.91 Å². The largest absolute Gasteiger partial charge is 0.496 e. The number of ether oxygens (including phenoxy) is 2. The summed E-state index contributed by atoms with van der Waals surface area (Å²) in [7, 11) is -2.12. The molecular formula is C24H26N2O5S. The van der Waals surface area contributed by atoms with Crippen molar-refractivity contribution in [2.24, 2.45) is 0 Å². The number of benzene rings is 3. The molecule has 0 aliphatic rings. The van der Waals surface area contributed by atoms with Crippen LogP contribution in [0.4, 0.5) is 0 Å². The minimum atomic E-state index is -3.70. The molecule has 32 heavy (non-hydrogen) atoms. The van der Waals surface area contributed by atoms with Gasteiger partial charge in [0.05, 0.1) is 12.0 Å². The highest BCUT2D eigenvalue weighted by atomic mass is 32.2. The average molecular weight is 455 g/mol. The molecule has 0 unspecified atom stereocenters. The third-order valence-corrected chi connectivity index (χ3v) is 6.36. The molecule has 8 heteroatoms. The lowest BCUT2D eigenvalue weighted by Crippen LogP contribution is -2.28. The number of carbonyl (C=O) groups is 1. The Balaban J connectivity index is 1.52. The first-order valence-corrected chi connectivity index (χ1v) is 11.6. The molecule has 0 radical (unpaired) electrons.